The predicted molar refractivity (Wildman–Crippen MR) is 84.0 cm³/mol. The fourth-order valence-electron chi connectivity index (χ4n) is 2.48. The standard InChI is InChI=1S/C17H13N3O3/c1-9-19-14-4-3-10(7-15(14)20-9)13-6-11(17(22)23-2)5-12(8-18)16(13)21/h3-7,21H,1-2H3,(H,19,20). The number of hydrogen-bond acceptors (Lipinski definition) is 5. The SMILES string of the molecule is COC(=O)c1cc(C#N)c(O)c(-c2ccc3nc(C)[nH]c3c2)c1. The number of rotatable bonds is 2. The van der Waals surface area contributed by atoms with Crippen molar-refractivity contribution in [2.45, 2.75) is 6.92 Å². The molecule has 0 spiro atoms. The summed E-state index contributed by atoms with van der Waals surface area (Å²) in [6, 6.07) is 10.1. The van der Waals surface area contributed by atoms with Crippen LogP contribution in [0.1, 0.15) is 21.7 Å². The first-order valence-corrected chi connectivity index (χ1v) is 6.85. The summed E-state index contributed by atoms with van der Waals surface area (Å²) < 4.78 is 4.69. The van der Waals surface area contributed by atoms with Crippen LogP contribution in [0.2, 0.25) is 0 Å². The molecule has 2 N–H and O–H groups in total. The number of aromatic nitrogens is 2. The first kappa shape index (κ1) is 14.6. The summed E-state index contributed by atoms with van der Waals surface area (Å²) in [7, 11) is 1.26. The maximum absolute atomic E-state index is 11.8. The van der Waals surface area contributed by atoms with Crippen molar-refractivity contribution in [2.24, 2.45) is 0 Å². The van der Waals surface area contributed by atoms with Crippen LogP contribution in [0.15, 0.2) is 30.3 Å². The van der Waals surface area contributed by atoms with Gasteiger partial charge in [-0.1, -0.05) is 6.07 Å². The zero-order valence-electron chi connectivity index (χ0n) is 12.5. The van der Waals surface area contributed by atoms with E-state index in [1.165, 1.54) is 19.2 Å². The molecule has 23 heavy (non-hydrogen) atoms. The van der Waals surface area contributed by atoms with Crippen LogP contribution in [-0.4, -0.2) is 28.2 Å². The molecule has 0 saturated heterocycles. The lowest BCUT2D eigenvalue weighted by atomic mass is 9.98. The molecule has 0 fully saturated rings. The fraction of sp³-hybridized carbons (Fsp3) is 0.118. The van der Waals surface area contributed by atoms with Gasteiger partial charge in [-0.15, -0.1) is 0 Å². The Labute approximate surface area is 132 Å². The number of imidazole rings is 1. The number of esters is 1. The first-order chi connectivity index (χ1) is 11.0. The molecule has 114 valence electrons. The molecule has 0 radical (unpaired) electrons. The van der Waals surface area contributed by atoms with Gasteiger partial charge in [0.2, 0.25) is 0 Å². The van der Waals surface area contributed by atoms with Crippen molar-refractivity contribution in [3.05, 3.63) is 47.3 Å². The average molecular weight is 307 g/mol. The lowest BCUT2D eigenvalue weighted by Crippen LogP contribution is -2.02. The second-order valence-electron chi connectivity index (χ2n) is 5.08. The number of carbonyl (C=O) groups excluding carboxylic acids is 1. The van der Waals surface area contributed by atoms with Crippen molar-refractivity contribution < 1.29 is 14.6 Å². The topological polar surface area (TPSA) is 99.0 Å². The zero-order chi connectivity index (χ0) is 16.6. The third-order valence-electron chi connectivity index (χ3n) is 3.56. The molecular weight excluding hydrogens is 294 g/mol. The van der Waals surface area contributed by atoms with Crippen molar-refractivity contribution in [3.8, 4) is 22.9 Å². The van der Waals surface area contributed by atoms with Gasteiger partial charge in [-0.05, 0) is 36.8 Å². The third kappa shape index (κ3) is 2.49. The fourth-order valence-corrected chi connectivity index (χ4v) is 2.48. The normalized spacial score (nSPS) is 10.5. The van der Waals surface area contributed by atoms with Gasteiger partial charge < -0.3 is 14.8 Å². The average Bonchev–Trinajstić information content (AvgIpc) is 2.93. The molecule has 0 aliphatic rings. The predicted octanol–water partition coefficient (Wildman–Crippen LogP) is 2.90. The Kier molecular flexibility index (Phi) is 3.47. The lowest BCUT2D eigenvalue weighted by molar-refractivity contribution is 0.0600. The van der Waals surface area contributed by atoms with E-state index >= 15 is 0 Å². The number of phenols is 1. The van der Waals surface area contributed by atoms with Crippen LogP contribution in [0.5, 0.6) is 5.75 Å². The highest BCUT2D eigenvalue weighted by molar-refractivity contribution is 5.94. The Hall–Kier alpha value is -3.33. The Morgan fingerprint density at radius 3 is 2.83 bits per heavy atom. The Morgan fingerprint density at radius 1 is 1.35 bits per heavy atom. The van der Waals surface area contributed by atoms with E-state index in [9.17, 15) is 9.90 Å². The molecule has 1 heterocycles. The third-order valence-corrected chi connectivity index (χ3v) is 3.56. The summed E-state index contributed by atoms with van der Waals surface area (Å²) in [6.07, 6.45) is 0. The summed E-state index contributed by atoms with van der Waals surface area (Å²) in [4.78, 5) is 19.2. The second-order valence-corrected chi connectivity index (χ2v) is 5.08. The molecule has 0 amide bonds. The van der Waals surface area contributed by atoms with Crippen LogP contribution in [0.3, 0.4) is 0 Å². The molecule has 1 aromatic heterocycles. The number of carbonyl (C=O) groups is 1. The summed E-state index contributed by atoms with van der Waals surface area (Å²) in [5.41, 5.74) is 2.89. The van der Waals surface area contributed by atoms with Gasteiger partial charge in [0.05, 0.1) is 29.3 Å². The van der Waals surface area contributed by atoms with E-state index in [2.05, 4.69) is 9.97 Å². The van der Waals surface area contributed by atoms with Crippen LogP contribution in [0, 0.1) is 18.3 Å². The van der Waals surface area contributed by atoms with Gasteiger partial charge in [0.15, 0.2) is 0 Å². The van der Waals surface area contributed by atoms with Gasteiger partial charge in [0, 0.05) is 5.56 Å². The minimum absolute atomic E-state index is 0.0174. The largest absolute Gasteiger partial charge is 0.506 e. The number of aromatic hydroxyl groups is 1. The second kappa shape index (κ2) is 5.46. The van der Waals surface area contributed by atoms with E-state index in [1.54, 1.807) is 6.07 Å². The van der Waals surface area contributed by atoms with Gasteiger partial charge in [0.1, 0.15) is 17.6 Å². The highest BCUT2D eigenvalue weighted by Gasteiger charge is 2.16. The Balaban J connectivity index is 2.23. The number of nitrogens with one attached hydrogen (secondary N) is 1. The Bertz CT molecular complexity index is 967. The van der Waals surface area contributed by atoms with Gasteiger partial charge in [0.25, 0.3) is 0 Å². The van der Waals surface area contributed by atoms with Crippen LogP contribution in [0.25, 0.3) is 22.2 Å². The molecule has 2 aromatic carbocycles. The van der Waals surface area contributed by atoms with E-state index in [0.29, 0.717) is 11.1 Å². The first-order valence-electron chi connectivity index (χ1n) is 6.85. The number of hydrogen-bond donors (Lipinski definition) is 2. The van der Waals surface area contributed by atoms with Crippen LogP contribution < -0.4 is 0 Å². The zero-order valence-corrected chi connectivity index (χ0v) is 12.5. The van der Waals surface area contributed by atoms with E-state index in [-0.39, 0.29) is 16.9 Å². The molecule has 6 nitrogen and oxygen atoms in total. The van der Waals surface area contributed by atoms with E-state index < -0.39 is 5.97 Å². The molecular formula is C17H13N3O3. The number of fused-ring (bicyclic) bond motifs is 1. The van der Waals surface area contributed by atoms with Crippen molar-refractivity contribution >= 4 is 17.0 Å². The highest BCUT2D eigenvalue weighted by atomic mass is 16.5. The summed E-state index contributed by atoms with van der Waals surface area (Å²) >= 11 is 0. The maximum atomic E-state index is 11.8. The van der Waals surface area contributed by atoms with Crippen LogP contribution in [0.4, 0.5) is 0 Å². The molecule has 6 heteroatoms. The number of methoxy groups -OCH3 is 1. The number of phenolic OH excluding ortho intramolecular Hbond substituents is 1. The molecule has 0 atom stereocenters. The van der Waals surface area contributed by atoms with Gasteiger partial charge in [-0.3, -0.25) is 0 Å². The lowest BCUT2D eigenvalue weighted by Gasteiger charge is -2.09. The molecule has 0 bridgehead atoms. The Morgan fingerprint density at radius 2 is 2.13 bits per heavy atom. The van der Waals surface area contributed by atoms with Gasteiger partial charge in [-0.2, -0.15) is 5.26 Å². The number of benzene rings is 2. The van der Waals surface area contributed by atoms with E-state index in [4.69, 9.17) is 10.00 Å². The number of nitrogens with zero attached hydrogens (tertiary/aromatic N) is 2. The smallest absolute Gasteiger partial charge is 0.337 e. The van der Waals surface area contributed by atoms with Crippen molar-refractivity contribution in [3.63, 3.8) is 0 Å². The summed E-state index contributed by atoms with van der Waals surface area (Å²) in [6.45, 7) is 1.85. The van der Waals surface area contributed by atoms with Crippen LogP contribution >= 0.6 is 0 Å². The van der Waals surface area contributed by atoms with Gasteiger partial charge in [-0.25, -0.2) is 9.78 Å². The minimum Gasteiger partial charge on any atom is -0.506 e. The summed E-state index contributed by atoms with van der Waals surface area (Å²) in [5.74, 6) is 0.0411. The maximum Gasteiger partial charge on any atom is 0.337 e. The molecule has 0 unspecified atom stereocenters. The molecule has 3 aromatic rings. The molecule has 3 rings (SSSR count). The van der Waals surface area contributed by atoms with Crippen molar-refractivity contribution in [1.82, 2.24) is 9.97 Å². The van der Waals surface area contributed by atoms with E-state index in [0.717, 1.165) is 16.9 Å². The number of aromatic amines is 1. The summed E-state index contributed by atoms with van der Waals surface area (Å²) in [5, 5.41) is 19.5. The van der Waals surface area contributed by atoms with Crippen molar-refractivity contribution in [2.75, 3.05) is 7.11 Å². The molecule has 0 aliphatic heterocycles. The van der Waals surface area contributed by atoms with Crippen molar-refractivity contribution in [1.29, 1.82) is 5.26 Å². The number of aryl methyl sites for hydroxylation is 1. The van der Waals surface area contributed by atoms with Crippen LogP contribution in [-0.2, 0) is 4.74 Å². The number of nitriles is 1. The van der Waals surface area contributed by atoms with Gasteiger partial charge >= 0.3 is 5.97 Å². The minimum atomic E-state index is -0.568. The molecule has 0 saturated carbocycles. The highest BCUT2D eigenvalue weighted by Crippen LogP contribution is 2.34. The molecule has 0 aliphatic carbocycles. The van der Waals surface area contributed by atoms with E-state index in [1.807, 2.05) is 25.1 Å². The quantitative estimate of drug-likeness (QED) is 0.709. The number of ether oxygens (including phenoxy) is 1. The number of H-pyrrole nitrogens is 1. The monoisotopic (exact) mass is 307 g/mol.